The number of hydrogen-bond donors (Lipinski definition) is 4. The number of fused-ring (bicyclic) bond motifs is 1. The van der Waals surface area contributed by atoms with Crippen LogP contribution in [0.25, 0.3) is 0 Å². The number of nitrogens with one attached hydrogen (secondary N) is 1. The molecule has 36 heavy (non-hydrogen) atoms. The molecule has 0 radical (unpaired) electrons. The molecule has 2 aliphatic rings. The number of aryl methyl sites for hydroxylation is 2. The molecule has 2 aromatic rings. The van der Waals surface area contributed by atoms with E-state index in [1.807, 2.05) is 19.9 Å². The molecule has 2 aliphatic heterocycles. The molecule has 2 aromatic carbocycles. The molecule has 10 heteroatoms. The predicted octanol–water partition coefficient (Wildman–Crippen LogP) is 2.27. The Balaban J connectivity index is 1.96. The van der Waals surface area contributed by atoms with E-state index in [0.717, 1.165) is 16.0 Å². The molecule has 0 saturated carbocycles. The molecule has 0 spiro atoms. The van der Waals surface area contributed by atoms with Crippen molar-refractivity contribution in [2.45, 2.75) is 44.7 Å². The van der Waals surface area contributed by atoms with E-state index in [2.05, 4.69) is 5.32 Å². The summed E-state index contributed by atoms with van der Waals surface area (Å²) in [6.45, 7) is 3.77. The minimum absolute atomic E-state index is 0.0927. The number of hydrogen-bond acceptors (Lipinski definition) is 7. The van der Waals surface area contributed by atoms with Crippen LogP contribution >= 0.6 is 0 Å². The maximum Gasteiger partial charge on any atom is 0.325 e. The Bertz CT molecular complexity index is 1240. The third-order valence-electron chi connectivity index (χ3n) is 7.24. The summed E-state index contributed by atoms with van der Waals surface area (Å²) < 4.78 is 5.17. The van der Waals surface area contributed by atoms with Crippen LogP contribution in [0.5, 0.6) is 11.5 Å². The molecule has 2 fully saturated rings. The van der Waals surface area contributed by atoms with Crippen molar-refractivity contribution >= 4 is 29.4 Å². The van der Waals surface area contributed by atoms with Crippen LogP contribution in [0.4, 0.5) is 5.69 Å². The van der Waals surface area contributed by atoms with Gasteiger partial charge < -0.3 is 20.1 Å². The summed E-state index contributed by atoms with van der Waals surface area (Å²) in [5, 5.41) is 33.5. The van der Waals surface area contributed by atoms with Crippen LogP contribution in [0, 0.1) is 11.8 Å². The van der Waals surface area contributed by atoms with Crippen LogP contribution in [0.2, 0.25) is 0 Å². The number of methoxy groups -OCH3 is 1. The number of imide groups is 1. The van der Waals surface area contributed by atoms with Crippen LogP contribution in [0.15, 0.2) is 36.4 Å². The molecular formula is C26H28N2O8. The average Bonchev–Trinajstić information content (AvgIpc) is 3.32. The lowest BCUT2D eigenvalue weighted by Crippen LogP contribution is -2.57. The van der Waals surface area contributed by atoms with Gasteiger partial charge in [0.25, 0.3) is 0 Å². The predicted molar refractivity (Wildman–Crippen MR) is 128 cm³/mol. The Morgan fingerprint density at radius 2 is 1.64 bits per heavy atom. The maximum atomic E-state index is 14.0. The highest BCUT2D eigenvalue weighted by Gasteiger charge is 2.69. The Morgan fingerprint density at radius 1 is 1.03 bits per heavy atom. The van der Waals surface area contributed by atoms with Crippen molar-refractivity contribution in [1.82, 2.24) is 5.32 Å². The van der Waals surface area contributed by atoms with Gasteiger partial charge in [-0.2, -0.15) is 0 Å². The summed E-state index contributed by atoms with van der Waals surface area (Å²) in [6, 6.07) is 8.82. The zero-order chi connectivity index (χ0) is 26.4. The van der Waals surface area contributed by atoms with Gasteiger partial charge in [-0.05, 0) is 30.0 Å². The number of aromatic hydroxyl groups is 1. The molecule has 4 N–H and O–H groups in total. The van der Waals surface area contributed by atoms with Crippen LogP contribution in [0.1, 0.15) is 43.0 Å². The molecule has 4 unspecified atom stereocenters. The highest BCUT2D eigenvalue weighted by atomic mass is 16.5. The quantitative estimate of drug-likeness (QED) is 0.403. The van der Waals surface area contributed by atoms with Gasteiger partial charge in [-0.25, -0.2) is 4.90 Å². The first-order valence-corrected chi connectivity index (χ1v) is 11.7. The van der Waals surface area contributed by atoms with E-state index in [9.17, 15) is 34.5 Å². The third-order valence-corrected chi connectivity index (χ3v) is 7.24. The van der Waals surface area contributed by atoms with Crippen LogP contribution in [0.3, 0.4) is 0 Å². The molecule has 0 bridgehead atoms. The van der Waals surface area contributed by atoms with Crippen LogP contribution < -0.4 is 15.0 Å². The van der Waals surface area contributed by atoms with Gasteiger partial charge >= 0.3 is 11.9 Å². The first kappa shape index (κ1) is 25.2. The summed E-state index contributed by atoms with van der Waals surface area (Å²) in [5.41, 5.74) is -0.241. The van der Waals surface area contributed by atoms with E-state index in [4.69, 9.17) is 4.74 Å². The lowest BCUT2D eigenvalue weighted by molar-refractivity contribution is -0.154. The number of para-hydroxylation sites is 2. The van der Waals surface area contributed by atoms with Gasteiger partial charge in [-0.15, -0.1) is 0 Å². The number of phenols is 1. The van der Waals surface area contributed by atoms with E-state index in [0.29, 0.717) is 18.5 Å². The molecule has 0 aromatic heterocycles. The van der Waals surface area contributed by atoms with Crippen molar-refractivity contribution in [2.75, 3.05) is 12.0 Å². The number of carboxylic acid groups (broad SMARTS) is 2. The highest BCUT2D eigenvalue weighted by Crippen LogP contribution is 2.53. The molecule has 2 amide bonds. The second kappa shape index (κ2) is 9.27. The smallest absolute Gasteiger partial charge is 0.325 e. The summed E-state index contributed by atoms with van der Waals surface area (Å²) in [5.74, 6) is -7.43. The van der Waals surface area contributed by atoms with Crippen molar-refractivity contribution in [3.63, 3.8) is 0 Å². The molecule has 10 nitrogen and oxygen atoms in total. The second-order valence-electron chi connectivity index (χ2n) is 9.01. The number of ether oxygens (including phenoxy) is 1. The number of phenolic OH excluding ortho intramolecular Hbond substituents is 1. The van der Waals surface area contributed by atoms with E-state index >= 15 is 0 Å². The summed E-state index contributed by atoms with van der Waals surface area (Å²) in [6.07, 6.45) is 0.105. The van der Waals surface area contributed by atoms with Gasteiger partial charge in [0.15, 0.2) is 11.5 Å². The Kier molecular flexibility index (Phi) is 6.48. The topological polar surface area (TPSA) is 153 Å². The molecule has 2 saturated heterocycles. The highest BCUT2D eigenvalue weighted by molar-refractivity contribution is 6.25. The van der Waals surface area contributed by atoms with Crippen LogP contribution in [-0.2, 0) is 32.0 Å². The molecule has 0 aliphatic carbocycles. The minimum atomic E-state index is -2.27. The third kappa shape index (κ3) is 3.60. The maximum absolute atomic E-state index is 14.0. The average molecular weight is 497 g/mol. The summed E-state index contributed by atoms with van der Waals surface area (Å²) in [7, 11) is 1.34. The largest absolute Gasteiger partial charge is 0.504 e. The van der Waals surface area contributed by atoms with Gasteiger partial charge in [0.1, 0.15) is 5.54 Å². The first-order chi connectivity index (χ1) is 17.1. The standard InChI is InChI=1S/C26H28N2O8/c1-4-13-8-6-9-14(5-2)21(13)28-23(32)18-19(24(28)33)26(25(34)35,12-17(29)30)27-20(18)15-10-7-11-16(36-3)22(15)31/h6-11,18-20,27,31H,4-5,12H2,1-3H3,(H,29,30)(H,34,35). The number of carbonyl (C=O) groups is 4. The molecular weight excluding hydrogens is 468 g/mol. The monoisotopic (exact) mass is 496 g/mol. The summed E-state index contributed by atoms with van der Waals surface area (Å²) in [4.78, 5) is 53.4. The van der Waals surface area contributed by atoms with Gasteiger partial charge in [0.05, 0.1) is 31.1 Å². The van der Waals surface area contributed by atoms with Crippen molar-refractivity contribution in [1.29, 1.82) is 0 Å². The number of aliphatic carboxylic acids is 2. The van der Waals surface area contributed by atoms with Crippen LogP contribution in [-0.4, -0.2) is 51.7 Å². The van der Waals surface area contributed by atoms with Gasteiger partial charge in [0.2, 0.25) is 11.8 Å². The van der Waals surface area contributed by atoms with Crippen molar-refractivity contribution in [2.24, 2.45) is 11.8 Å². The molecule has 4 rings (SSSR count). The van der Waals surface area contributed by atoms with Gasteiger partial charge in [-0.1, -0.05) is 44.2 Å². The number of carboxylic acids is 2. The molecule has 2 heterocycles. The number of nitrogens with zero attached hydrogens (tertiary/aromatic N) is 1. The number of rotatable bonds is 8. The van der Waals surface area contributed by atoms with E-state index < -0.39 is 53.6 Å². The van der Waals surface area contributed by atoms with E-state index in [-0.39, 0.29) is 17.1 Å². The fraction of sp³-hybridized carbons (Fsp3) is 0.385. The molecule has 190 valence electrons. The normalized spacial score (nSPS) is 25.2. The fourth-order valence-corrected chi connectivity index (χ4v) is 5.62. The number of anilines is 1. The Hall–Kier alpha value is -3.92. The second-order valence-corrected chi connectivity index (χ2v) is 9.01. The SMILES string of the molecule is CCc1cccc(CC)c1N1C(=O)C2C(c3cccc(OC)c3O)NC(CC(=O)O)(C(=O)O)C2C1=O. The van der Waals surface area contributed by atoms with Gasteiger partial charge in [-0.3, -0.25) is 24.5 Å². The fourth-order valence-electron chi connectivity index (χ4n) is 5.62. The number of carbonyl (C=O) groups excluding carboxylic acids is 2. The first-order valence-electron chi connectivity index (χ1n) is 11.7. The van der Waals surface area contributed by atoms with Crippen molar-refractivity contribution in [3.05, 3.63) is 53.1 Å². The zero-order valence-electron chi connectivity index (χ0n) is 20.1. The minimum Gasteiger partial charge on any atom is -0.504 e. The van der Waals surface area contributed by atoms with Crippen molar-refractivity contribution in [3.8, 4) is 11.5 Å². The Morgan fingerprint density at radius 3 is 2.17 bits per heavy atom. The van der Waals surface area contributed by atoms with E-state index in [1.54, 1.807) is 18.2 Å². The zero-order valence-corrected chi connectivity index (χ0v) is 20.1. The lowest BCUT2D eigenvalue weighted by Gasteiger charge is -2.31. The summed E-state index contributed by atoms with van der Waals surface area (Å²) >= 11 is 0. The van der Waals surface area contributed by atoms with Gasteiger partial charge in [0, 0.05) is 11.6 Å². The Labute approximate surface area is 207 Å². The van der Waals surface area contributed by atoms with Crippen molar-refractivity contribution < 1.29 is 39.2 Å². The number of amides is 2. The van der Waals surface area contributed by atoms with E-state index in [1.165, 1.54) is 19.2 Å². The lowest BCUT2D eigenvalue weighted by atomic mass is 9.77. The number of benzene rings is 2. The molecule has 4 atom stereocenters.